The molecule has 0 spiro atoms. The summed E-state index contributed by atoms with van der Waals surface area (Å²) in [6, 6.07) is 6.09. The first-order valence-corrected chi connectivity index (χ1v) is 8.92. The average Bonchev–Trinajstić information content (AvgIpc) is 2.18. The van der Waals surface area contributed by atoms with E-state index < -0.39 is 8.32 Å². The summed E-state index contributed by atoms with van der Waals surface area (Å²) in [5.41, 5.74) is 1.18. The highest BCUT2D eigenvalue weighted by molar-refractivity contribution is 6.74. The first kappa shape index (κ1) is 14.1. The van der Waals surface area contributed by atoms with E-state index in [-0.39, 0.29) is 5.04 Å². The third-order valence-corrected chi connectivity index (χ3v) is 7.83. The van der Waals surface area contributed by atoms with Crippen molar-refractivity contribution in [1.82, 2.24) is 0 Å². The summed E-state index contributed by atoms with van der Waals surface area (Å²) < 4.78 is 11.6. The maximum atomic E-state index is 6.26. The molecule has 1 aromatic rings. The summed E-state index contributed by atoms with van der Waals surface area (Å²) in [5, 5.41) is 0.197. The highest BCUT2D eigenvalue weighted by Gasteiger charge is 2.39. The molecule has 0 radical (unpaired) electrons. The molecule has 0 saturated carbocycles. The van der Waals surface area contributed by atoms with Gasteiger partial charge in [-0.05, 0) is 42.8 Å². The van der Waals surface area contributed by atoms with E-state index in [1.807, 2.05) is 12.1 Å². The molecule has 2 nitrogen and oxygen atoms in total. The molecule has 0 N–H and O–H groups in total. The normalized spacial score (nSPS) is 12.4. The van der Waals surface area contributed by atoms with Crippen LogP contribution in [-0.4, -0.2) is 15.4 Å². The quantitative estimate of drug-likeness (QED) is 0.743. The fraction of sp³-hybridized carbons (Fsp3) is 0.571. The molecule has 1 rings (SSSR count). The van der Waals surface area contributed by atoms with Crippen molar-refractivity contribution in [3.05, 3.63) is 23.8 Å². The van der Waals surface area contributed by atoms with Gasteiger partial charge in [0.15, 0.2) is 5.75 Å². The van der Waals surface area contributed by atoms with E-state index in [9.17, 15) is 0 Å². The van der Waals surface area contributed by atoms with Gasteiger partial charge in [0, 0.05) is 0 Å². The fourth-order valence-corrected chi connectivity index (χ4v) is 2.31. The van der Waals surface area contributed by atoms with E-state index in [4.69, 9.17) is 9.16 Å². The van der Waals surface area contributed by atoms with Crippen molar-refractivity contribution >= 4 is 8.32 Å². The van der Waals surface area contributed by atoms with E-state index in [0.29, 0.717) is 0 Å². The van der Waals surface area contributed by atoms with E-state index >= 15 is 0 Å². The standard InChI is InChI=1S/C14H24O2Si/c1-11-8-9-12(13(10-11)15-5)16-17(6,7)14(2,3)4/h8-10H,1-7H3. The number of methoxy groups -OCH3 is 1. The molecule has 1 aromatic carbocycles. The maximum Gasteiger partial charge on any atom is 0.250 e. The van der Waals surface area contributed by atoms with E-state index in [1.54, 1.807) is 7.11 Å². The summed E-state index contributed by atoms with van der Waals surface area (Å²) in [6.45, 7) is 13.2. The topological polar surface area (TPSA) is 18.5 Å². The second kappa shape index (κ2) is 4.73. The van der Waals surface area contributed by atoms with Crippen LogP contribution in [0.3, 0.4) is 0 Å². The van der Waals surface area contributed by atoms with E-state index in [2.05, 4.69) is 46.9 Å². The predicted molar refractivity (Wildman–Crippen MR) is 75.6 cm³/mol. The van der Waals surface area contributed by atoms with Gasteiger partial charge in [0.05, 0.1) is 7.11 Å². The van der Waals surface area contributed by atoms with Crippen LogP contribution < -0.4 is 9.16 Å². The van der Waals surface area contributed by atoms with Crippen molar-refractivity contribution in [2.45, 2.75) is 45.8 Å². The summed E-state index contributed by atoms with van der Waals surface area (Å²) >= 11 is 0. The Bertz CT molecular complexity index is 392. The highest BCUT2D eigenvalue weighted by atomic mass is 28.4. The number of aryl methyl sites for hydroxylation is 1. The molecular weight excluding hydrogens is 228 g/mol. The van der Waals surface area contributed by atoms with Crippen LogP contribution in [-0.2, 0) is 0 Å². The zero-order valence-electron chi connectivity index (χ0n) is 12.0. The summed E-state index contributed by atoms with van der Waals surface area (Å²) in [7, 11) is -0.103. The molecule has 96 valence electrons. The van der Waals surface area contributed by atoms with Gasteiger partial charge in [-0.15, -0.1) is 0 Å². The Hall–Kier alpha value is -0.963. The van der Waals surface area contributed by atoms with Crippen molar-refractivity contribution in [1.29, 1.82) is 0 Å². The van der Waals surface area contributed by atoms with Crippen molar-refractivity contribution in [3.8, 4) is 11.5 Å². The van der Waals surface area contributed by atoms with Crippen LogP contribution in [0.2, 0.25) is 18.1 Å². The summed E-state index contributed by atoms with van der Waals surface area (Å²) in [5.74, 6) is 1.69. The Morgan fingerprint density at radius 1 is 1.06 bits per heavy atom. The first-order chi connectivity index (χ1) is 7.67. The minimum Gasteiger partial charge on any atom is -0.541 e. The van der Waals surface area contributed by atoms with Gasteiger partial charge in [-0.25, -0.2) is 0 Å². The molecule has 0 bridgehead atoms. The van der Waals surface area contributed by atoms with Crippen LogP contribution in [0.4, 0.5) is 0 Å². The third-order valence-electron chi connectivity index (χ3n) is 3.49. The Balaban J connectivity index is 3.03. The Labute approximate surface area is 106 Å². The van der Waals surface area contributed by atoms with Gasteiger partial charge < -0.3 is 9.16 Å². The van der Waals surface area contributed by atoms with Gasteiger partial charge >= 0.3 is 0 Å². The van der Waals surface area contributed by atoms with Crippen molar-refractivity contribution in [2.75, 3.05) is 7.11 Å². The molecule has 3 heteroatoms. The second-order valence-electron chi connectivity index (χ2n) is 6.02. The lowest BCUT2D eigenvalue weighted by molar-refractivity contribution is 0.385. The van der Waals surface area contributed by atoms with Crippen LogP contribution in [0.25, 0.3) is 0 Å². The van der Waals surface area contributed by atoms with Crippen LogP contribution in [0.15, 0.2) is 18.2 Å². The van der Waals surface area contributed by atoms with Crippen LogP contribution in [0.5, 0.6) is 11.5 Å². The number of hydrogen-bond acceptors (Lipinski definition) is 2. The van der Waals surface area contributed by atoms with Gasteiger partial charge in [-0.2, -0.15) is 0 Å². The molecule has 0 aliphatic carbocycles. The van der Waals surface area contributed by atoms with Gasteiger partial charge in [0.1, 0.15) is 5.75 Å². The lowest BCUT2D eigenvalue weighted by atomic mass is 10.2. The van der Waals surface area contributed by atoms with Crippen molar-refractivity contribution in [3.63, 3.8) is 0 Å². The maximum absolute atomic E-state index is 6.26. The Kier molecular flexibility index (Phi) is 3.92. The summed E-state index contributed by atoms with van der Waals surface area (Å²) in [6.07, 6.45) is 0. The smallest absolute Gasteiger partial charge is 0.250 e. The molecule has 0 aliphatic rings. The van der Waals surface area contributed by atoms with Crippen LogP contribution in [0.1, 0.15) is 26.3 Å². The predicted octanol–water partition coefficient (Wildman–Crippen LogP) is 4.39. The molecular formula is C14H24O2Si. The molecule has 0 aliphatic heterocycles. The molecule has 0 heterocycles. The monoisotopic (exact) mass is 252 g/mol. The first-order valence-electron chi connectivity index (χ1n) is 6.01. The minimum absolute atomic E-state index is 0.197. The number of rotatable bonds is 3. The van der Waals surface area contributed by atoms with Gasteiger partial charge in [0.2, 0.25) is 0 Å². The molecule has 0 unspecified atom stereocenters. The van der Waals surface area contributed by atoms with Crippen molar-refractivity contribution in [2.24, 2.45) is 0 Å². The molecule has 0 saturated heterocycles. The zero-order valence-corrected chi connectivity index (χ0v) is 13.0. The zero-order chi connectivity index (χ0) is 13.3. The fourth-order valence-electron chi connectivity index (χ4n) is 1.29. The number of ether oxygens (including phenoxy) is 1. The summed E-state index contributed by atoms with van der Waals surface area (Å²) in [4.78, 5) is 0. The molecule has 0 fully saturated rings. The minimum atomic E-state index is -1.79. The Morgan fingerprint density at radius 3 is 2.12 bits per heavy atom. The SMILES string of the molecule is COc1cc(C)ccc1O[Si](C)(C)C(C)(C)C. The van der Waals surface area contributed by atoms with E-state index in [1.165, 1.54) is 5.56 Å². The number of benzene rings is 1. The van der Waals surface area contributed by atoms with Crippen molar-refractivity contribution < 1.29 is 9.16 Å². The largest absolute Gasteiger partial charge is 0.541 e. The van der Waals surface area contributed by atoms with Gasteiger partial charge in [-0.3, -0.25) is 0 Å². The van der Waals surface area contributed by atoms with Gasteiger partial charge in [-0.1, -0.05) is 26.8 Å². The second-order valence-corrected chi connectivity index (χ2v) is 10.7. The van der Waals surface area contributed by atoms with E-state index in [0.717, 1.165) is 11.5 Å². The highest BCUT2D eigenvalue weighted by Crippen LogP contribution is 2.40. The third kappa shape index (κ3) is 3.25. The molecule has 0 atom stereocenters. The molecule has 0 amide bonds. The lowest BCUT2D eigenvalue weighted by Crippen LogP contribution is -2.43. The van der Waals surface area contributed by atoms with Gasteiger partial charge in [0.25, 0.3) is 8.32 Å². The number of hydrogen-bond donors (Lipinski definition) is 0. The molecule has 0 aromatic heterocycles. The Morgan fingerprint density at radius 2 is 1.65 bits per heavy atom. The van der Waals surface area contributed by atoms with Crippen LogP contribution >= 0.6 is 0 Å². The molecule has 17 heavy (non-hydrogen) atoms. The van der Waals surface area contributed by atoms with Crippen LogP contribution in [0, 0.1) is 6.92 Å². The average molecular weight is 252 g/mol. The lowest BCUT2D eigenvalue weighted by Gasteiger charge is -2.36.